The topological polar surface area (TPSA) is 105 Å². The lowest BCUT2D eigenvalue weighted by molar-refractivity contribution is -0.385. The van der Waals surface area contributed by atoms with Gasteiger partial charge in [-0.1, -0.05) is 11.6 Å². The molecular weight excluding hydrogens is 418 g/mol. The predicted molar refractivity (Wildman–Crippen MR) is 113 cm³/mol. The molecule has 10 heteroatoms. The molecule has 3 rings (SSSR count). The molecule has 0 spiro atoms. The van der Waals surface area contributed by atoms with Gasteiger partial charge in [0.05, 0.1) is 22.6 Å². The van der Waals surface area contributed by atoms with Gasteiger partial charge in [-0.3, -0.25) is 19.8 Å². The van der Waals surface area contributed by atoms with Gasteiger partial charge in [-0.05, 0) is 55.1 Å². The summed E-state index contributed by atoms with van der Waals surface area (Å²) in [5.41, 5.74) is 0.197. The fourth-order valence-electron chi connectivity index (χ4n) is 2.63. The first-order valence-corrected chi connectivity index (χ1v) is 9.64. The number of nitrogens with zero attached hydrogens (tertiary/aromatic N) is 3. The summed E-state index contributed by atoms with van der Waals surface area (Å²) in [7, 11) is 1.57. The fraction of sp³-hybridized carbons (Fsp3) is 0.158. The van der Waals surface area contributed by atoms with E-state index in [2.05, 4.69) is 4.99 Å². The third kappa shape index (κ3) is 4.36. The van der Waals surface area contributed by atoms with Crippen LogP contribution in [0.4, 0.5) is 11.4 Å². The summed E-state index contributed by atoms with van der Waals surface area (Å²) in [6.07, 6.45) is 1.38. The predicted octanol–water partition coefficient (Wildman–Crippen LogP) is 4.59. The van der Waals surface area contributed by atoms with Gasteiger partial charge in [0.15, 0.2) is 5.17 Å². The maximum atomic E-state index is 12.7. The second kappa shape index (κ2) is 8.54. The summed E-state index contributed by atoms with van der Waals surface area (Å²) >= 11 is 7.04. The van der Waals surface area contributed by atoms with Crippen LogP contribution in [-0.4, -0.2) is 39.7 Å². The van der Waals surface area contributed by atoms with Crippen molar-refractivity contribution < 1.29 is 19.6 Å². The van der Waals surface area contributed by atoms with E-state index in [1.165, 1.54) is 17.0 Å². The Hall–Kier alpha value is -3.04. The molecule has 1 heterocycles. The zero-order valence-electron chi connectivity index (χ0n) is 15.5. The molecule has 1 saturated heterocycles. The van der Waals surface area contributed by atoms with Crippen molar-refractivity contribution in [3.63, 3.8) is 0 Å². The number of rotatable bonds is 5. The summed E-state index contributed by atoms with van der Waals surface area (Å²) in [5, 5.41) is 21.8. The highest BCUT2D eigenvalue weighted by molar-refractivity contribution is 8.18. The first kappa shape index (κ1) is 20.7. The summed E-state index contributed by atoms with van der Waals surface area (Å²) in [6, 6.07) is 9.46. The molecule has 8 nitrogen and oxygen atoms in total. The zero-order chi connectivity index (χ0) is 21.1. The SMILES string of the molecule is CCN1C(=O)/C(=C\c2cc(Cl)cc([N+](=O)[O-])c2O)SC1=Nc1ccc(OC)cc1. The van der Waals surface area contributed by atoms with E-state index in [9.17, 15) is 20.0 Å². The first-order chi connectivity index (χ1) is 13.8. The number of nitro benzene ring substituents is 1. The third-order valence-electron chi connectivity index (χ3n) is 4.07. The van der Waals surface area contributed by atoms with Gasteiger partial charge in [0.25, 0.3) is 5.91 Å². The molecule has 1 amide bonds. The van der Waals surface area contributed by atoms with Crippen molar-refractivity contribution in [3.05, 3.63) is 62.0 Å². The second-order valence-electron chi connectivity index (χ2n) is 5.87. The monoisotopic (exact) mass is 433 g/mol. The molecule has 0 radical (unpaired) electrons. The van der Waals surface area contributed by atoms with Crippen molar-refractivity contribution in [1.29, 1.82) is 0 Å². The number of amidine groups is 1. The van der Waals surface area contributed by atoms with Crippen molar-refractivity contribution in [1.82, 2.24) is 4.90 Å². The number of likely N-dealkylation sites (N-methyl/N-ethyl adjacent to an activating group) is 1. The summed E-state index contributed by atoms with van der Waals surface area (Å²) in [5.74, 6) is -0.175. The highest BCUT2D eigenvalue weighted by Gasteiger charge is 2.33. The summed E-state index contributed by atoms with van der Waals surface area (Å²) in [4.78, 5) is 29.4. The average Bonchev–Trinajstić information content (AvgIpc) is 2.99. The maximum absolute atomic E-state index is 12.7. The van der Waals surface area contributed by atoms with Crippen LogP contribution in [0.1, 0.15) is 12.5 Å². The molecule has 1 aliphatic heterocycles. The van der Waals surface area contributed by atoms with Crippen LogP contribution in [0, 0.1) is 10.1 Å². The Morgan fingerprint density at radius 1 is 1.34 bits per heavy atom. The quantitative estimate of drug-likeness (QED) is 0.420. The number of methoxy groups -OCH3 is 1. The van der Waals surface area contributed by atoms with Gasteiger partial charge in [0.2, 0.25) is 5.75 Å². The molecule has 0 aliphatic carbocycles. The number of halogens is 1. The number of phenolic OH excluding ortho intramolecular Hbond substituents is 1. The summed E-state index contributed by atoms with van der Waals surface area (Å²) < 4.78 is 5.12. The molecule has 0 aromatic heterocycles. The average molecular weight is 434 g/mol. The Morgan fingerprint density at radius 2 is 2.03 bits per heavy atom. The van der Waals surface area contributed by atoms with Gasteiger partial charge in [-0.15, -0.1) is 0 Å². The van der Waals surface area contributed by atoms with Crippen molar-refractivity contribution in [2.45, 2.75) is 6.92 Å². The molecule has 0 unspecified atom stereocenters. The number of ether oxygens (including phenoxy) is 1. The Morgan fingerprint density at radius 3 is 2.62 bits per heavy atom. The maximum Gasteiger partial charge on any atom is 0.312 e. The van der Waals surface area contributed by atoms with E-state index in [-0.39, 0.29) is 21.4 Å². The lowest BCUT2D eigenvalue weighted by Gasteiger charge is -2.12. The lowest BCUT2D eigenvalue weighted by atomic mass is 10.1. The van der Waals surface area contributed by atoms with Gasteiger partial charge in [-0.2, -0.15) is 0 Å². The zero-order valence-corrected chi connectivity index (χ0v) is 17.0. The molecule has 2 aromatic carbocycles. The standard InChI is InChI=1S/C19H16ClN3O5S/c1-3-22-18(25)16(9-11-8-12(20)10-15(17(11)24)23(26)27)29-19(22)21-13-4-6-14(28-2)7-5-13/h4-10,24H,3H2,1-2H3/b16-9+,21-19?. The Bertz CT molecular complexity index is 1040. The highest BCUT2D eigenvalue weighted by atomic mass is 35.5. The third-order valence-corrected chi connectivity index (χ3v) is 5.29. The largest absolute Gasteiger partial charge is 0.502 e. The van der Waals surface area contributed by atoms with Crippen LogP contribution in [0.15, 0.2) is 46.3 Å². The Kier molecular flexibility index (Phi) is 6.09. The molecular formula is C19H16ClN3O5S. The van der Waals surface area contributed by atoms with E-state index < -0.39 is 16.4 Å². The van der Waals surface area contributed by atoms with Gasteiger partial charge in [0, 0.05) is 23.2 Å². The minimum absolute atomic E-state index is 0.0799. The summed E-state index contributed by atoms with van der Waals surface area (Å²) in [6.45, 7) is 2.20. The minimum atomic E-state index is -0.734. The molecule has 0 saturated carbocycles. The van der Waals surface area contributed by atoms with E-state index in [0.717, 1.165) is 17.8 Å². The molecule has 0 atom stereocenters. The molecule has 2 aromatic rings. The first-order valence-electron chi connectivity index (χ1n) is 8.45. The van der Waals surface area contributed by atoms with Crippen molar-refractivity contribution >= 4 is 51.9 Å². The number of hydrogen-bond donors (Lipinski definition) is 1. The fourth-order valence-corrected chi connectivity index (χ4v) is 3.91. The Labute approximate surface area is 175 Å². The van der Waals surface area contributed by atoms with Crippen molar-refractivity contribution in [3.8, 4) is 11.5 Å². The van der Waals surface area contributed by atoms with Crippen LogP contribution in [-0.2, 0) is 4.79 Å². The number of aromatic hydroxyl groups is 1. The lowest BCUT2D eigenvalue weighted by Crippen LogP contribution is -2.28. The smallest absolute Gasteiger partial charge is 0.312 e. The van der Waals surface area contributed by atoms with Gasteiger partial charge in [-0.25, -0.2) is 4.99 Å². The Balaban J connectivity index is 1.98. The van der Waals surface area contributed by atoms with Gasteiger partial charge >= 0.3 is 5.69 Å². The van der Waals surface area contributed by atoms with E-state index in [4.69, 9.17) is 16.3 Å². The van der Waals surface area contributed by atoms with E-state index in [1.54, 1.807) is 31.4 Å². The number of carbonyl (C=O) groups excluding carboxylic acids is 1. The molecule has 0 bridgehead atoms. The van der Waals surface area contributed by atoms with Crippen LogP contribution in [0.25, 0.3) is 6.08 Å². The molecule has 1 aliphatic rings. The van der Waals surface area contributed by atoms with Crippen LogP contribution in [0.3, 0.4) is 0 Å². The number of benzene rings is 2. The number of hydrogen-bond acceptors (Lipinski definition) is 7. The number of amides is 1. The van der Waals surface area contributed by atoms with E-state index in [0.29, 0.717) is 23.1 Å². The molecule has 1 N–H and O–H groups in total. The van der Waals surface area contributed by atoms with Gasteiger partial charge < -0.3 is 9.84 Å². The van der Waals surface area contributed by atoms with Crippen LogP contribution >= 0.6 is 23.4 Å². The number of thioether (sulfide) groups is 1. The number of carbonyl (C=O) groups is 1. The van der Waals surface area contributed by atoms with E-state index in [1.807, 2.05) is 6.92 Å². The molecule has 29 heavy (non-hydrogen) atoms. The van der Waals surface area contributed by atoms with Crippen molar-refractivity contribution in [2.24, 2.45) is 4.99 Å². The van der Waals surface area contributed by atoms with Crippen molar-refractivity contribution in [2.75, 3.05) is 13.7 Å². The highest BCUT2D eigenvalue weighted by Crippen LogP contribution is 2.39. The van der Waals surface area contributed by atoms with Crippen LogP contribution in [0.5, 0.6) is 11.5 Å². The normalized spacial score (nSPS) is 16.7. The molecule has 150 valence electrons. The van der Waals surface area contributed by atoms with Gasteiger partial charge in [0.1, 0.15) is 5.75 Å². The van der Waals surface area contributed by atoms with Crippen LogP contribution < -0.4 is 4.74 Å². The minimum Gasteiger partial charge on any atom is -0.502 e. The number of phenols is 1. The number of aliphatic imine (C=N–C) groups is 1. The number of nitro groups is 1. The van der Waals surface area contributed by atoms with E-state index >= 15 is 0 Å². The van der Waals surface area contributed by atoms with Crippen LogP contribution in [0.2, 0.25) is 5.02 Å². The second-order valence-corrected chi connectivity index (χ2v) is 7.32. The molecule has 1 fully saturated rings.